The minimum Gasteiger partial charge on any atom is -0.351 e. The summed E-state index contributed by atoms with van der Waals surface area (Å²) in [5.74, 6) is 0.693. The Hall–Kier alpha value is -1.92. The molecule has 0 spiro atoms. The standard InChI is InChI=1S/C16H16Cl2N4O2/c17-14(18)12-13(22(23)24)16(21-9-5-2-6-10-21)20-15(19-12)11-7-3-1-4-8-11/h1,3-4,7-8,14H,2,5-6,9-10H2. The second-order valence-electron chi connectivity index (χ2n) is 5.58. The molecule has 1 aliphatic heterocycles. The van der Waals surface area contributed by atoms with Gasteiger partial charge < -0.3 is 4.90 Å². The first-order chi connectivity index (χ1) is 11.6. The predicted octanol–water partition coefficient (Wildman–Crippen LogP) is 4.52. The molecule has 1 aromatic carbocycles. The van der Waals surface area contributed by atoms with Gasteiger partial charge in [0.25, 0.3) is 0 Å². The molecule has 0 amide bonds. The van der Waals surface area contributed by atoms with E-state index in [9.17, 15) is 10.1 Å². The number of alkyl halides is 2. The van der Waals surface area contributed by atoms with Crippen molar-refractivity contribution < 1.29 is 4.92 Å². The molecule has 2 heterocycles. The highest BCUT2D eigenvalue weighted by Crippen LogP contribution is 2.39. The van der Waals surface area contributed by atoms with Crippen LogP contribution >= 0.6 is 23.2 Å². The highest BCUT2D eigenvalue weighted by atomic mass is 35.5. The van der Waals surface area contributed by atoms with Gasteiger partial charge in [0.1, 0.15) is 0 Å². The minimum atomic E-state index is -1.10. The molecular weight excluding hydrogens is 351 g/mol. The lowest BCUT2D eigenvalue weighted by Gasteiger charge is -2.28. The summed E-state index contributed by atoms with van der Waals surface area (Å²) >= 11 is 11.9. The average molecular weight is 367 g/mol. The maximum absolute atomic E-state index is 11.6. The number of benzene rings is 1. The summed E-state index contributed by atoms with van der Waals surface area (Å²) in [5.41, 5.74) is 0.602. The molecule has 6 nitrogen and oxygen atoms in total. The van der Waals surface area contributed by atoms with E-state index in [0.717, 1.165) is 37.9 Å². The lowest BCUT2D eigenvalue weighted by atomic mass is 10.1. The molecule has 0 bridgehead atoms. The number of hydrogen-bond donors (Lipinski definition) is 0. The molecule has 1 saturated heterocycles. The first-order valence-electron chi connectivity index (χ1n) is 7.73. The smallest absolute Gasteiger partial charge is 0.335 e. The Morgan fingerprint density at radius 3 is 2.33 bits per heavy atom. The van der Waals surface area contributed by atoms with Crippen LogP contribution in [0.25, 0.3) is 11.4 Å². The molecule has 0 aliphatic carbocycles. The number of rotatable bonds is 4. The maximum Gasteiger partial charge on any atom is 0.335 e. The molecule has 126 valence electrons. The number of anilines is 1. The van der Waals surface area contributed by atoms with Crippen LogP contribution in [0.3, 0.4) is 0 Å². The molecule has 8 heteroatoms. The van der Waals surface area contributed by atoms with E-state index in [1.165, 1.54) is 0 Å². The highest BCUT2D eigenvalue weighted by Gasteiger charge is 2.32. The minimum absolute atomic E-state index is 0.0396. The molecule has 3 rings (SSSR count). The van der Waals surface area contributed by atoms with Crippen LogP contribution in [0.1, 0.15) is 29.8 Å². The van der Waals surface area contributed by atoms with E-state index in [4.69, 9.17) is 23.2 Å². The summed E-state index contributed by atoms with van der Waals surface area (Å²) < 4.78 is 0. The summed E-state index contributed by atoms with van der Waals surface area (Å²) in [7, 11) is 0. The largest absolute Gasteiger partial charge is 0.351 e. The summed E-state index contributed by atoms with van der Waals surface area (Å²) in [4.78, 5) is 20.7. The van der Waals surface area contributed by atoms with Gasteiger partial charge in [-0.2, -0.15) is 0 Å². The van der Waals surface area contributed by atoms with Crippen LogP contribution in [0.5, 0.6) is 0 Å². The molecule has 2 aromatic rings. The Labute approximate surface area is 149 Å². The first-order valence-corrected chi connectivity index (χ1v) is 8.60. The third-order valence-electron chi connectivity index (χ3n) is 3.97. The van der Waals surface area contributed by atoms with Crippen molar-refractivity contribution in [2.45, 2.75) is 24.1 Å². The monoisotopic (exact) mass is 366 g/mol. The van der Waals surface area contributed by atoms with Crippen LogP contribution in [0.4, 0.5) is 11.5 Å². The third kappa shape index (κ3) is 3.44. The van der Waals surface area contributed by atoms with E-state index in [1.807, 2.05) is 35.2 Å². The van der Waals surface area contributed by atoms with Gasteiger partial charge in [-0.05, 0) is 19.3 Å². The fourth-order valence-electron chi connectivity index (χ4n) is 2.83. The molecule has 0 N–H and O–H groups in total. The summed E-state index contributed by atoms with van der Waals surface area (Å²) in [5, 5.41) is 11.6. The van der Waals surface area contributed by atoms with Crippen LogP contribution in [0.2, 0.25) is 0 Å². The van der Waals surface area contributed by atoms with Gasteiger partial charge in [-0.25, -0.2) is 9.97 Å². The Balaban J connectivity index is 2.19. The first kappa shape index (κ1) is 16.9. The lowest BCUT2D eigenvalue weighted by Crippen LogP contribution is -2.31. The third-order valence-corrected chi connectivity index (χ3v) is 4.38. The molecule has 0 unspecified atom stereocenters. The highest BCUT2D eigenvalue weighted by molar-refractivity contribution is 6.44. The van der Waals surface area contributed by atoms with Gasteiger partial charge in [-0.1, -0.05) is 53.5 Å². The SMILES string of the molecule is O=[N+]([O-])c1c(C(Cl)Cl)nc(-c2ccccc2)nc1N1CCCCC1. The van der Waals surface area contributed by atoms with Crippen molar-refractivity contribution in [3.8, 4) is 11.4 Å². The number of nitrogens with zero attached hydrogens (tertiary/aromatic N) is 4. The molecule has 0 radical (unpaired) electrons. The van der Waals surface area contributed by atoms with Crippen LogP contribution in [0.15, 0.2) is 30.3 Å². The molecule has 0 saturated carbocycles. The van der Waals surface area contributed by atoms with Gasteiger partial charge >= 0.3 is 5.69 Å². The van der Waals surface area contributed by atoms with E-state index >= 15 is 0 Å². The number of halogens is 2. The van der Waals surface area contributed by atoms with Crippen molar-refractivity contribution in [2.75, 3.05) is 18.0 Å². The molecule has 0 atom stereocenters. The van der Waals surface area contributed by atoms with E-state index in [1.54, 1.807) is 0 Å². The average Bonchev–Trinajstić information content (AvgIpc) is 2.62. The zero-order chi connectivity index (χ0) is 17.1. The van der Waals surface area contributed by atoms with Crippen LogP contribution in [-0.2, 0) is 0 Å². The van der Waals surface area contributed by atoms with Crippen LogP contribution < -0.4 is 4.90 Å². The van der Waals surface area contributed by atoms with Crippen molar-refractivity contribution in [3.05, 3.63) is 46.1 Å². The second-order valence-corrected chi connectivity index (χ2v) is 6.67. The Morgan fingerprint density at radius 1 is 1.08 bits per heavy atom. The van der Waals surface area contributed by atoms with Gasteiger partial charge in [-0.15, -0.1) is 0 Å². The predicted molar refractivity (Wildman–Crippen MR) is 94.6 cm³/mol. The summed E-state index contributed by atoms with van der Waals surface area (Å²) in [6, 6.07) is 9.30. The number of nitro groups is 1. The fourth-order valence-corrected chi connectivity index (χ4v) is 3.13. The van der Waals surface area contributed by atoms with Gasteiger partial charge in [-0.3, -0.25) is 10.1 Å². The summed E-state index contributed by atoms with van der Waals surface area (Å²) in [6.07, 6.45) is 3.06. The van der Waals surface area contributed by atoms with Crippen molar-refractivity contribution in [1.29, 1.82) is 0 Å². The normalized spacial score (nSPS) is 14.9. The zero-order valence-electron chi connectivity index (χ0n) is 12.9. The Bertz CT molecular complexity index is 734. The molecule has 1 aromatic heterocycles. The van der Waals surface area contributed by atoms with E-state index < -0.39 is 9.76 Å². The zero-order valence-corrected chi connectivity index (χ0v) is 14.4. The van der Waals surface area contributed by atoms with Crippen LogP contribution in [-0.4, -0.2) is 28.0 Å². The van der Waals surface area contributed by atoms with E-state index in [2.05, 4.69) is 9.97 Å². The molecule has 1 fully saturated rings. The Morgan fingerprint density at radius 2 is 1.75 bits per heavy atom. The van der Waals surface area contributed by atoms with Crippen molar-refractivity contribution in [2.24, 2.45) is 0 Å². The van der Waals surface area contributed by atoms with Crippen molar-refractivity contribution >= 4 is 34.7 Å². The summed E-state index contributed by atoms with van der Waals surface area (Å²) in [6.45, 7) is 1.45. The van der Waals surface area contributed by atoms with Crippen molar-refractivity contribution in [1.82, 2.24) is 9.97 Å². The second kappa shape index (κ2) is 7.32. The number of hydrogen-bond acceptors (Lipinski definition) is 5. The maximum atomic E-state index is 11.6. The topological polar surface area (TPSA) is 72.2 Å². The number of aromatic nitrogens is 2. The van der Waals surface area contributed by atoms with Crippen molar-refractivity contribution in [3.63, 3.8) is 0 Å². The fraction of sp³-hybridized carbons (Fsp3) is 0.375. The van der Waals surface area contributed by atoms with Gasteiger partial charge in [0.2, 0.25) is 5.82 Å². The molecular formula is C16H16Cl2N4O2. The Kier molecular flexibility index (Phi) is 5.16. The van der Waals surface area contributed by atoms with Gasteiger partial charge in [0.15, 0.2) is 16.4 Å². The van der Waals surface area contributed by atoms with Crippen LogP contribution in [0, 0.1) is 10.1 Å². The van der Waals surface area contributed by atoms with Gasteiger partial charge in [0.05, 0.1) is 4.92 Å². The van der Waals surface area contributed by atoms with Gasteiger partial charge in [0, 0.05) is 18.7 Å². The lowest BCUT2D eigenvalue weighted by molar-refractivity contribution is -0.385. The van der Waals surface area contributed by atoms with E-state index in [-0.39, 0.29) is 11.4 Å². The number of piperidine rings is 1. The molecule has 24 heavy (non-hydrogen) atoms. The quantitative estimate of drug-likeness (QED) is 0.451. The van der Waals surface area contributed by atoms with E-state index in [0.29, 0.717) is 11.6 Å². The molecule has 1 aliphatic rings.